The van der Waals surface area contributed by atoms with Gasteiger partial charge in [0.1, 0.15) is 12.7 Å². The molecule has 0 radical (unpaired) electrons. The molecular formula is C14H15Cl3N2O2. The molecule has 2 rings (SSSR count). The highest BCUT2D eigenvalue weighted by Crippen LogP contribution is 2.35. The number of benzene rings is 1. The van der Waals surface area contributed by atoms with Crippen LogP contribution in [0.1, 0.15) is 11.4 Å². The molecule has 0 saturated carbocycles. The van der Waals surface area contributed by atoms with Crippen LogP contribution in [0.5, 0.6) is 5.75 Å². The molecule has 1 aromatic heterocycles. The Labute approximate surface area is 138 Å². The fourth-order valence-electron chi connectivity index (χ4n) is 1.96. The van der Waals surface area contributed by atoms with Crippen LogP contribution in [0, 0.1) is 13.8 Å². The van der Waals surface area contributed by atoms with E-state index < -0.39 is 6.10 Å². The van der Waals surface area contributed by atoms with Gasteiger partial charge in [-0.2, -0.15) is 5.10 Å². The van der Waals surface area contributed by atoms with Gasteiger partial charge in [-0.15, -0.1) is 0 Å². The average Bonchev–Trinajstić information content (AvgIpc) is 2.66. The van der Waals surface area contributed by atoms with E-state index in [1.54, 1.807) is 4.68 Å². The topological polar surface area (TPSA) is 47.3 Å². The molecule has 0 aliphatic carbocycles. The van der Waals surface area contributed by atoms with Crippen LogP contribution in [-0.2, 0) is 6.54 Å². The van der Waals surface area contributed by atoms with Gasteiger partial charge in [-0.1, -0.05) is 34.8 Å². The van der Waals surface area contributed by atoms with Crippen molar-refractivity contribution in [1.82, 2.24) is 9.78 Å². The molecule has 1 aromatic carbocycles. The van der Waals surface area contributed by atoms with Crippen LogP contribution < -0.4 is 4.74 Å². The van der Waals surface area contributed by atoms with Crippen molar-refractivity contribution in [2.24, 2.45) is 0 Å². The van der Waals surface area contributed by atoms with Crippen molar-refractivity contribution < 1.29 is 9.84 Å². The smallest absolute Gasteiger partial charge is 0.156 e. The fourth-order valence-corrected chi connectivity index (χ4v) is 2.88. The molecule has 0 spiro atoms. The van der Waals surface area contributed by atoms with Crippen LogP contribution in [-0.4, -0.2) is 27.6 Å². The molecule has 114 valence electrons. The normalized spacial score (nSPS) is 12.5. The first-order valence-corrected chi connectivity index (χ1v) is 7.46. The third-order valence-corrected chi connectivity index (χ3v) is 3.65. The number of rotatable bonds is 5. The predicted molar refractivity (Wildman–Crippen MR) is 84.7 cm³/mol. The minimum Gasteiger partial charge on any atom is -0.488 e. The molecule has 1 heterocycles. The Morgan fingerprint density at radius 1 is 1.19 bits per heavy atom. The Morgan fingerprint density at radius 3 is 2.33 bits per heavy atom. The van der Waals surface area contributed by atoms with Gasteiger partial charge in [-0.05, 0) is 32.0 Å². The van der Waals surface area contributed by atoms with Crippen molar-refractivity contribution in [2.75, 3.05) is 6.61 Å². The number of nitrogens with zero attached hydrogens (tertiary/aromatic N) is 2. The number of hydrogen-bond acceptors (Lipinski definition) is 3. The highest BCUT2D eigenvalue weighted by molar-refractivity contribution is 6.40. The zero-order valence-corrected chi connectivity index (χ0v) is 13.9. The summed E-state index contributed by atoms with van der Waals surface area (Å²) in [5.41, 5.74) is 1.89. The largest absolute Gasteiger partial charge is 0.488 e. The summed E-state index contributed by atoms with van der Waals surface area (Å²) in [6.45, 7) is 4.22. The molecule has 2 aromatic rings. The number of hydrogen-bond donors (Lipinski definition) is 1. The van der Waals surface area contributed by atoms with Crippen LogP contribution in [0.4, 0.5) is 0 Å². The van der Waals surface area contributed by atoms with Gasteiger partial charge in [-0.3, -0.25) is 4.68 Å². The van der Waals surface area contributed by atoms with E-state index in [2.05, 4.69) is 5.10 Å². The summed E-state index contributed by atoms with van der Waals surface area (Å²) in [5.74, 6) is 0.315. The van der Waals surface area contributed by atoms with E-state index in [1.807, 2.05) is 19.9 Å². The molecule has 21 heavy (non-hydrogen) atoms. The van der Waals surface area contributed by atoms with Crippen molar-refractivity contribution >= 4 is 34.8 Å². The van der Waals surface area contributed by atoms with Gasteiger partial charge < -0.3 is 9.84 Å². The Kier molecular flexibility index (Phi) is 5.38. The van der Waals surface area contributed by atoms with Crippen molar-refractivity contribution in [3.63, 3.8) is 0 Å². The summed E-state index contributed by atoms with van der Waals surface area (Å²) in [4.78, 5) is 0. The summed E-state index contributed by atoms with van der Waals surface area (Å²) in [5, 5.41) is 15.4. The molecule has 4 nitrogen and oxygen atoms in total. The summed E-state index contributed by atoms with van der Waals surface area (Å²) >= 11 is 17.9. The molecule has 0 saturated heterocycles. The SMILES string of the molecule is Cc1cc(C)n(C[C@H](O)COc2c(Cl)cc(Cl)cc2Cl)n1. The third kappa shape index (κ3) is 4.27. The van der Waals surface area contributed by atoms with Gasteiger partial charge >= 0.3 is 0 Å². The van der Waals surface area contributed by atoms with Crippen LogP contribution in [0.2, 0.25) is 15.1 Å². The lowest BCUT2D eigenvalue weighted by Gasteiger charge is -2.15. The first kappa shape index (κ1) is 16.4. The number of aliphatic hydroxyl groups excluding tert-OH is 1. The number of halogens is 3. The molecule has 0 aliphatic rings. The van der Waals surface area contributed by atoms with E-state index >= 15 is 0 Å². The number of aromatic nitrogens is 2. The first-order valence-electron chi connectivity index (χ1n) is 6.33. The second-order valence-corrected chi connectivity index (χ2v) is 6.02. The van der Waals surface area contributed by atoms with E-state index in [1.165, 1.54) is 12.1 Å². The van der Waals surface area contributed by atoms with Crippen molar-refractivity contribution in [3.05, 3.63) is 44.7 Å². The minimum atomic E-state index is -0.731. The molecule has 0 fully saturated rings. The van der Waals surface area contributed by atoms with Gasteiger partial charge in [0.25, 0.3) is 0 Å². The highest BCUT2D eigenvalue weighted by atomic mass is 35.5. The molecular weight excluding hydrogens is 335 g/mol. The monoisotopic (exact) mass is 348 g/mol. The molecule has 0 bridgehead atoms. The predicted octanol–water partition coefficient (Wildman–Crippen LogP) is 3.90. The van der Waals surface area contributed by atoms with E-state index in [9.17, 15) is 5.11 Å². The van der Waals surface area contributed by atoms with Crippen molar-refractivity contribution in [1.29, 1.82) is 0 Å². The lowest BCUT2D eigenvalue weighted by atomic mass is 10.3. The van der Waals surface area contributed by atoms with Crippen molar-refractivity contribution in [3.8, 4) is 5.75 Å². The van der Waals surface area contributed by atoms with Gasteiger partial charge in [0.05, 0.1) is 22.3 Å². The summed E-state index contributed by atoms with van der Waals surface area (Å²) in [6, 6.07) is 5.02. The molecule has 7 heteroatoms. The number of ether oxygens (including phenoxy) is 1. The molecule has 0 aliphatic heterocycles. The number of aryl methyl sites for hydroxylation is 2. The van der Waals surface area contributed by atoms with E-state index in [0.717, 1.165) is 11.4 Å². The van der Waals surface area contributed by atoms with Crippen LogP contribution in [0.25, 0.3) is 0 Å². The van der Waals surface area contributed by atoms with Crippen LogP contribution >= 0.6 is 34.8 Å². The van der Waals surface area contributed by atoms with Gasteiger partial charge in [0.15, 0.2) is 5.75 Å². The summed E-state index contributed by atoms with van der Waals surface area (Å²) in [7, 11) is 0. The van der Waals surface area contributed by atoms with Gasteiger partial charge in [0, 0.05) is 10.7 Å². The fraction of sp³-hybridized carbons (Fsp3) is 0.357. The molecule has 0 unspecified atom stereocenters. The lowest BCUT2D eigenvalue weighted by Crippen LogP contribution is -2.25. The third-order valence-electron chi connectivity index (χ3n) is 2.87. The molecule has 0 amide bonds. The average molecular weight is 350 g/mol. The maximum absolute atomic E-state index is 10.0. The first-order chi connectivity index (χ1) is 9.86. The maximum atomic E-state index is 10.0. The van der Waals surface area contributed by atoms with Crippen LogP contribution in [0.15, 0.2) is 18.2 Å². The van der Waals surface area contributed by atoms with Crippen LogP contribution in [0.3, 0.4) is 0 Å². The lowest BCUT2D eigenvalue weighted by molar-refractivity contribution is 0.0888. The number of aliphatic hydroxyl groups is 1. The second kappa shape index (κ2) is 6.88. The second-order valence-electron chi connectivity index (χ2n) is 4.77. The Balaban J connectivity index is 1.98. The van der Waals surface area contributed by atoms with E-state index in [4.69, 9.17) is 39.5 Å². The van der Waals surface area contributed by atoms with Crippen molar-refractivity contribution in [2.45, 2.75) is 26.5 Å². The zero-order chi connectivity index (χ0) is 15.6. The van der Waals surface area contributed by atoms with E-state index in [-0.39, 0.29) is 6.61 Å². The van der Waals surface area contributed by atoms with Gasteiger partial charge in [-0.25, -0.2) is 0 Å². The standard InChI is InChI=1S/C14H15Cl3N2O2/c1-8-3-9(2)19(18-8)6-11(20)7-21-14-12(16)4-10(15)5-13(14)17/h3-5,11,20H,6-7H2,1-2H3/t11-/m0/s1. The molecule has 1 atom stereocenters. The highest BCUT2D eigenvalue weighted by Gasteiger charge is 2.13. The summed E-state index contributed by atoms with van der Waals surface area (Å²) in [6.07, 6.45) is -0.731. The molecule has 1 N–H and O–H groups in total. The zero-order valence-electron chi connectivity index (χ0n) is 11.6. The Bertz CT molecular complexity index is 620. The maximum Gasteiger partial charge on any atom is 0.156 e. The minimum absolute atomic E-state index is 0.0550. The Morgan fingerprint density at radius 2 is 1.81 bits per heavy atom. The van der Waals surface area contributed by atoms with Gasteiger partial charge in [0.2, 0.25) is 0 Å². The van der Waals surface area contributed by atoms with E-state index in [0.29, 0.717) is 27.4 Å². The Hall–Kier alpha value is -0.940. The summed E-state index contributed by atoms with van der Waals surface area (Å²) < 4.78 is 7.22. The quantitative estimate of drug-likeness (QED) is 0.890.